The van der Waals surface area contributed by atoms with Crippen LogP contribution in [0.15, 0.2) is 53.7 Å². The van der Waals surface area contributed by atoms with E-state index >= 15 is 0 Å². The number of carboxylic acid groups (broad SMARTS) is 1. The predicted octanol–water partition coefficient (Wildman–Crippen LogP) is 5.11. The van der Waals surface area contributed by atoms with E-state index in [1.54, 1.807) is 11.8 Å². The molecule has 0 aliphatic heterocycles. The average Bonchev–Trinajstić information content (AvgIpc) is 3.54. The van der Waals surface area contributed by atoms with Gasteiger partial charge in [-0.25, -0.2) is 9.78 Å². The Hall–Kier alpha value is -3.50. The number of H-pyrrole nitrogens is 1. The van der Waals surface area contributed by atoms with Crippen LogP contribution in [0.1, 0.15) is 27.0 Å². The fourth-order valence-electron chi connectivity index (χ4n) is 3.91. The van der Waals surface area contributed by atoms with Crippen molar-refractivity contribution in [3.05, 3.63) is 63.8 Å². The van der Waals surface area contributed by atoms with Crippen LogP contribution < -0.4 is 0 Å². The number of hydrogen-bond donors (Lipinski definition) is 2. The summed E-state index contributed by atoms with van der Waals surface area (Å²) < 4.78 is 2.13. The smallest absolute Gasteiger partial charge is 0.348 e. The standard InChI is InChI=1S/C23H20N6O2S2/c1-3-32-23-24-18-19(13(2)33-20(18)22(30)31)29(23)12-14-8-10-15(11-9-14)16-6-4-5-7-17(16)21-25-27-28-26-21/h4-11H,3,12H2,1-2H3,(H,30,31)(H,25,26,27,28). The van der Waals surface area contributed by atoms with E-state index in [4.69, 9.17) is 0 Å². The van der Waals surface area contributed by atoms with E-state index in [0.29, 0.717) is 22.8 Å². The van der Waals surface area contributed by atoms with E-state index in [0.717, 1.165) is 43.6 Å². The van der Waals surface area contributed by atoms with Crippen molar-refractivity contribution < 1.29 is 9.90 Å². The zero-order valence-electron chi connectivity index (χ0n) is 17.9. The van der Waals surface area contributed by atoms with Crippen molar-refractivity contribution in [2.45, 2.75) is 25.5 Å². The lowest BCUT2D eigenvalue weighted by molar-refractivity contribution is 0.0704. The van der Waals surface area contributed by atoms with Crippen LogP contribution in [0, 0.1) is 6.92 Å². The maximum atomic E-state index is 11.7. The first kappa shape index (κ1) is 21.4. The van der Waals surface area contributed by atoms with E-state index in [2.05, 4.69) is 61.4 Å². The number of rotatable bonds is 7. The fraction of sp³-hybridized carbons (Fsp3) is 0.174. The number of nitrogens with zero attached hydrogens (tertiary/aromatic N) is 5. The number of aromatic nitrogens is 6. The molecule has 0 fully saturated rings. The molecular formula is C23H20N6O2S2. The molecule has 5 rings (SSSR count). The Balaban J connectivity index is 1.51. The summed E-state index contributed by atoms with van der Waals surface area (Å²) in [6.45, 7) is 4.64. The van der Waals surface area contributed by atoms with Gasteiger partial charge in [0.25, 0.3) is 0 Å². The van der Waals surface area contributed by atoms with E-state index in [-0.39, 0.29) is 0 Å². The summed E-state index contributed by atoms with van der Waals surface area (Å²) in [5, 5.41) is 24.8. The second-order valence-electron chi connectivity index (χ2n) is 7.38. The molecular weight excluding hydrogens is 456 g/mol. The molecule has 0 radical (unpaired) electrons. The zero-order valence-corrected chi connectivity index (χ0v) is 19.6. The lowest BCUT2D eigenvalue weighted by Gasteiger charge is -2.11. The zero-order chi connectivity index (χ0) is 22.9. The summed E-state index contributed by atoms with van der Waals surface area (Å²) in [5.41, 5.74) is 5.57. The average molecular weight is 477 g/mol. The molecule has 0 spiro atoms. The van der Waals surface area contributed by atoms with E-state index in [1.165, 1.54) is 11.3 Å². The van der Waals surface area contributed by atoms with Gasteiger partial charge in [0.05, 0.1) is 12.1 Å². The Morgan fingerprint density at radius 2 is 1.91 bits per heavy atom. The van der Waals surface area contributed by atoms with Crippen molar-refractivity contribution in [3.8, 4) is 22.5 Å². The summed E-state index contributed by atoms with van der Waals surface area (Å²) in [4.78, 5) is 17.6. The van der Waals surface area contributed by atoms with Gasteiger partial charge in [0.2, 0.25) is 5.82 Å². The summed E-state index contributed by atoms with van der Waals surface area (Å²) in [5.74, 6) is 0.482. The predicted molar refractivity (Wildman–Crippen MR) is 130 cm³/mol. The van der Waals surface area contributed by atoms with Crippen LogP contribution in [0.5, 0.6) is 0 Å². The minimum Gasteiger partial charge on any atom is -0.477 e. The van der Waals surface area contributed by atoms with Gasteiger partial charge >= 0.3 is 5.97 Å². The van der Waals surface area contributed by atoms with Crippen LogP contribution in [0.3, 0.4) is 0 Å². The number of carboxylic acids is 1. The summed E-state index contributed by atoms with van der Waals surface area (Å²) in [6, 6.07) is 16.3. The Morgan fingerprint density at radius 1 is 1.15 bits per heavy atom. The van der Waals surface area contributed by atoms with E-state index < -0.39 is 5.97 Å². The Bertz CT molecular complexity index is 1440. The van der Waals surface area contributed by atoms with Crippen LogP contribution >= 0.6 is 23.1 Å². The molecule has 0 unspecified atom stereocenters. The van der Waals surface area contributed by atoms with Gasteiger partial charge in [-0.05, 0) is 34.6 Å². The third-order valence-electron chi connectivity index (χ3n) is 5.32. The molecule has 0 saturated heterocycles. The second-order valence-corrected chi connectivity index (χ2v) is 9.84. The molecule has 5 aromatic rings. The van der Waals surface area contributed by atoms with Gasteiger partial charge in [0.1, 0.15) is 10.4 Å². The number of hydrogen-bond acceptors (Lipinski definition) is 7. The summed E-state index contributed by atoms with van der Waals surface area (Å²) in [7, 11) is 0. The number of thiophene rings is 1. The highest BCUT2D eigenvalue weighted by Gasteiger charge is 2.22. The molecule has 0 amide bonds. The molecule has 8 nitrogen and oxygen atoms in total. The summed E-state index contributed by atoms with van der Waals surface area (Å²) in [6.07, 6.45) is 0. The third-order valence-corrected chi connectivity index (χ3v) is 7.25. The fourth-order valence-corrected chi connectivity index (χ4v) is 5.57. The van der Waals surface area contributed by atoms with Gasteiger partial charge in [-0.2, -0.15) is 5.21 Å². The van der Waals surface area contributed by atoms with Crippen molar-refractivity contribution >= 4 is 40.1 Å². The summed E-state index contributed by atoms with van der Waals surface area (Å²) >= 11 is 2.90. The van der Waals surface area contributed by atoms with Gasteiger partial charge in [0.15, 0.2) is 5.16 Å². The molecule has 0 atom stereocenters. The number of imidazole rings is 1. The minimum absolute atomic E-state index is 0.299. The number of aryl methyl sites for hydroxylation is 1. The van der Waals surface area contributed by atoms with E-state index in [9.17, 15) is 9.90 Å². The van der Waals surface area contributed by atoms with Crippen molar-refractivity contribution in [3.63, 3.8) is 0 Å². The van der Waals surface area contributed by atoms with Gasteiger partial charge in [-0.1, -0.05) is 67.2 Å². The normalized spacial score (nSPS) is 11.3. The molecule has 2 N–H and O–H groups in total. The Morgan fingerprint density at radius 3 is 2.58 bits per heavy atom. The van der Waals surface area contributed by atoms with Crippen LogP contribution in [-0.2, 0) is 6.54 Å². The lowest BCUT2D eigenvalue weighted by Crippen LogP contribution is -2.02. The molecule has 3 heterocycles. The number of tetrazole rings is 1. The van der Waals surface area contributed by atoms with E-state index in [1.807, 2.05) is 31.2 Å². The number of nitrogens with one attached hydrogen (secondary N) is 1. The highest BCUT2D eigenvalue weighted by Crippen LogP contribution is 2.35. The quantitative estimate of drug-likeness (QED) is 0.314. The molecule has 10 heteroatoms. The van der Waals surface area contributed by atoms with Crippen molar-refractivity contribution in [1.82, 2.24) is 30.2 Å². The number of thioether (sulfide) groups is 1. The molecule has 166 valence electrons. The first-order chi connectivity index (χ1) is 16.1. The van der Waals surface area contributed by atoms with Gasteiger partial charge < -0.3 is 9.67 Å². The SMILES string of the molecule is CCSc1nc2c(C(=O)O)sc(C)c2n1Cc1ccc(-c2ccccc2-c2nn[nH]n2)cc1. The van der Waals surface area contributed by atoms with Crippen molar-refractivity contribution in [1.29, 1.82) is 0 Å². The molecule has 0 bridgehead atoms. The first-order valence-corrected chi connectivity index (χ1v) is 12.1. The van der Waals surface area contributed by atoms with Crippen molar-refractivity contribution in [2.75, 3.05) is 5.75 Å². The van der Waals surface area contributed by atoms with Crippen molar-refractivity contribution in [2.24, 2.45) is 0 Å². The second kappa shape index (κ2) is 8.80. The van der Waals surface area contributed by atoms with Crippen LogP contribution in [0.2, 0.25) is 0 Å². The monoisotopic (exact) mass is 476 g/mol. The number of benzene rings is 2. The Kier molecular flexibility index (Phi) is 5.69. The van der Waals surface area contributed by atoms with Gasteiger partial charge in [0, 0.05) is 10.4 Å². The van der Waals surface area contributed by atoms with Crippen LogP contribution in [0.25, 0.3) is 33.5 Å². The number of aromatic amines is 1. The maximum absolute atomic E-state index is 11.7. The number of aromatic carboxylic acids is 1. The maximum Gasteiger partial charge on any atom is 0.348 e. The topological polar surface area (TPSA) is 110 Å². The first-order valence-electron chi connectivity index (χ1n) is 10.3. The highest BCUT2D eigenvalue weighted by atomic mass is 32.2. The Labute approximate surface area is 197 Å². The molecule has 0 aliphatic carbocycles. The molecule has 0 aliphatic rings. The third kappa shape index (κ3) is 3.91. The number of fused-ring (bicyclic) bond motifs is 1. The van der Waals surface area contributed by atoms with Crippen LogP contribution in [0.4, 0.5) is 0 Å². The lowest BCUT2D eigenvalue weighted by atomic mass is 9.98. The molecule has 33 heavy (non-hydrogen) atoms. The largest absolute Gasteiger partial charge is 0.477 e. The molecule has 2 aromatic carbocycles. The highest BCUT2D eigenvalue weighted by molar-refractivity contribution is 7.99. The number of carbonyl (C=O) groups is 1. The molecule has 0 saturated carbocycles. The molecule has 3 aromatic heterocycles. The van der Waals surface area contributed by atoms with Gasteiger partial charge in [-0.3, -0.25) is 0 Å². The minimum atomic E-state index is -0.930. The van der Waals surface area contributed by atoms with Gasteiger partial charge in [-0.15, -0.1) is 21.5 Å². The van der Waals surface area contributed by atoms with Crippen LogP contribution in [-0.4, -0.2) is 47.0 Å².